The minimum atomic E-state index is -0.317. The lowest BCUT2D eigenvalue weighted by atomic mass is 10.0. The Kier molecular flexibility index (Phi) is 4.65. The molecule has 0 saturated heterocycles. The van der Waals surface area contributed by atoms with E-state index in [9.17, 15) is 0 Å². The van der Waals surface area contributed by atoms with Crippen LogP contribution < -0.4 is 0 Å². The molecule has 0 spiro atoms. The van der Waals surface area contributed by atoms with E-state index in [0.717, 1.165) is 0 Å². The van der Waals surface area contributed by atoms with Crippen LogP contribution in [0.3, 0.4) is 0 Å². The quantitative estimate of drug-likeness (QED) is 0.548. The average molecular weight is 156 g/mol. The smallest absolute Gasteiger partial charge is 0.0967 e. The summed E-state index contributed by atoms with van der Waals surface area (Å²) in [6.45, 7) is 11.8. The summed E-state index contributed by atoms with van der Waals surface area (Å²) in [5.41, 5.74) is 0.586. The standard InChI is InChI=1S/C5H11.2C2H5.Al/c1-5(2,3)4;2*1-2;/h1H2,2-4H3;2*1H2,2H3;. The van der Waals surface area contributed by atoms with Crippen LogP contribution in [0.2, 0.25) is 15.8 Å². The fourth-order valence-electron chi connectivity index (χ4n) is 1.44. The molecule has 0 fully saturated rings. The van der Waals surface area contributed by atoms with E-state index in [1.54, 1.807) is 0 Å². The Morgan fingerprint density at radius 1 is 1.00 bits per heavy atom. The van der Waals surface area contributed by atoms with E-state index >= 15 is 0 Å². The van der Waals surface area contributed by atoms with Gasteiger partial charge in [-0.25, -0.2) is 0 Å². The third-order valence-corrected chi connectivity index (χ3v) is 6.17. The molecule has 0 amide bonds. The lowest BCUT2D eigenvalue weighted by Gasteiger charge is -2.21. The minimum Gasteiger partial charge on any atom is -0.0967 e. The van der Waals surface area contributed by atoms with Gasteiger partial charge in [0.05, 0.1) is 0 Å². The summed E-state index contributed by atoms with van der Waals surface area (Å²) in [4.78, 5) is 0. The molecule has 1 heteroatoms. The van der Waals surface area contributed by atoms with E-state index in [-0.39, 0.29) is 14.1 Å². The van der Waals surface area contributed by atoms with Crippen LogP contribution in [0.1, 0.15) is 34.6 Å². The van der Waals surface area contributed by atoms with Gasteiger partial charge < -0.3 is 0 Å². The van der Waals surface area contributed by atoms with Gasteiger partial charge in [-0.15, -0.1) is 0 Å². The maximum Gasteiger partial charge on any atom is 0.261 e. The zero-order valence-electron chi connectivity index (χ0n) is 8.20. The average Bonchev–Trinajstić information content (AvgIpc) is 1.81. The van der Waals surface area contributed by atoms with Crippen molar-refractivity contribution < 1.29 is 0 Å². The highest BCUT2D eigenvalue weighted by Gasteiger charge is 2.20. The molecule has 0 aromatic carbocycles. The van der Waals surface area contributed by atoms with E-state index in [1.165, 1.54) is 15.8 Å². The van der Waals surface area contributed by atoms with Crippen molar-refractivity contribution in [3.63, 3.8) is 0 Å². The molecule has 10 heavy (non-hydrogen) atoms. The summed E-state index contributed by atoms with van der Waals surface area (Å²) in [7, 11) is 0. The molecular weight excluding hydrogens is 135 g/mol. The molecule has 0 N–H and O–H groups in total. The van der Waals surface area contributed by atoms with Crippen LogP contribution in [0.5, 0.6) is 0 Å². The third kappa shape index (κ3) is 5.33. The van der Waals surface area contributed by atoms with Crippen LogP contribution in [0.15, 0.2) is 0 Å². The molecule has 0 atom stereocenters. The maximum atomic E-state index is 2.36. The molecule has 0 unspecified atom stereocenters. The van der Waals surface area contributed by atoms with Crippen LogP contribution in [0, 0.1) is 5.41 Å². The molecule has 0 heterocycles. The zero-order valence-corrected chi connectivity index (χ0v) is 9.35. The highest BCUT2D eigenvalue weighted by molar-refractivity contribution is 6.58. The largest absolute Gasteiger partial charge is 0.261 e. The van der Waals surface area contributed by atoms with Crippen LogP contribution in [-0.2, 0) is 0 Å². The second-order valence-electron chi connectivity index (χ2n) is 4.45. The van der Waals surface area contributed by atoms with Gasteiger partial charge in [0.15, 0.2) is 0 Å². The summed E-state index contributed by atoms with van der Waals surface area (Å²) >= 11 is -0.317. The van der Waals surface area contributed by atoms with Crippen LogP contribution >= 0.6 is 0 Å². The van der Waals surface area contributed by atoms with Crippen molar-refractivity contribution in [3.8, 4) is 0 Å². The predicted octanol–water partition coefficient (Wildman–Crippen LogP) is 3.57. The summed E-state index contributed by atoms with van der Waals surface area (Å²) in [6.07, 6.45) is 0. The first kappa shape index (κ1) is 10.5. The molecule has 60 valence electrons. The minimum absolute atomic E-state index is 0.317. The lowest BCUT2D eigenvalue weighted by molar-refractivity contribution is 0.463. The van der Waals surface area contributed by atoms with Crippen LogP contribution in [0.4, 0.5) is 0 Å². The summed E-state index contributed by atoms with van der Waals surface area (Å²) < 4.78 is 0. The second kappa shape index (κ2) is 4.42. The molecule has 0 aliphatic heterocycles. The molecule has 0 aliphatic rings. The first-order valence-corrected chi connectivity index (χ1v) is 6.94. The molecule has 0 saturated carbocycles. The van der Waals surface area contributed by atoms with E-state index in [1.807, 2.05) is 0 Å². The monoisotopic (exact) mass is 156 g/mol. The fraction of sp³-hybridized carbons (Fsp3) is 1.00. The van der Waals surface area contributed by atoms with Crippen LogP contribution in [-0.4, -0.2) is 14.1 Å². The van der Waals surface area contributed by atoms with Crippen molar-refractivity contribution in [3.05, 3.63) is 0 Å². The first-order valence-electron chi connectivity index (χ1n) is 4.49. The molecule has 0 bridgehead atoms. The highest BCUT2D eigenvalue weighted by atomic mass is 27.2. The Hall–Kier alpha value is 0.532. The van der Waals surface area contributed by atoms with E-state index in [2.05, 4.69) is 34.6 Å². The zero-order chi connectivity index (χ0) is 8.20. The fourth-order valence-corrected chi connectivity index (χ4v) is 4.33. The van der Waals surface area contributed by atoms with Crippen molar-refractivity contribution in [2.75, 3.05) is 0 Å². The van der Waals surface area contributed by atoms with Gasteiger partial charge in [-0.1, -0.05) is 50.5 Å². The van der Waals surface area contributed by atoms with Gasteiger partial charge in [0.1, 0.15) is 0 Å². The molecule has 0 aliphatic carbocycles. The summed E-state index contributed by atoms with van der Waals surface area (Å²) in [6, 6.07) is 0. The Morgan fingerprint density at radius 3 is 1.50 bits per heavy atom. The first-order chi connectivity index (χ1) is 4.49. The van der Waals surface area contributed by atoms with Crippen molar-refractivity contribution in [2.24, 2.45) is 5.41 Å². The molecule has 0 radical (unpaired) electrons. The van der Waals surface area contributed by atoms with E-state index in [0.29, 0.717) is 5.41 Å². The number of hydrogen-bond acceptors (Lipinski definition) is 0. The molecule has 0 aromatic rings. The van der Waals surface area contributed by atoms with Gasteiger partial charge >= 0.3 is 0 Å². The van der Waals surface area contributed by atoms with Gasteiger partial charge in [-0.05, 0) is 5.41 Å². The molecule has 0 aromatic heterocycles. The van der Waals surface area contributed by atoms with Crippen LogP contribution in [0.25, 0.3) is 0 Å². The maximum absolute atomic E-state index is 2.36. The third-order valence-electron chi connectivity index (χ3n) is 2.06. The number of rotatable bonds is 3. The highest BCUT2D eigenvalue weighted by Crippen LogP contribution is 2.24. The normalized spacial score (nSPS) is 11.7. The molecular formula is C9H21Al. The van der Waals surface area contributed by atoms with Crippen molar-refractivity contribution in [1.82, 2.24) is 0 Å². The van der Waals surface area contributed by atoms with Crippen molar-refractivity contribution in [2.45, 2.75) is 50.5 Å². The molecule has 0 rings (SSSR count). The Labute approximate surface area is 70.4 Å². The summed E-state index contributed by atoms with van der Waals surface area (Å²) in [5.74, 6) is 0. The molecule has 0 nitrogen and oxygen atoms in total. The van der Waals surface area contributed by atoms with Crippen molar-refractivity contribution in [1.29, 1.82) is 0 Å². The number of hydrogen-bond donors (Lipinski definition) is 0. The van der Waals surface area contributed by atoms with Gasteiger partial charge in [0.2, 0.25) is 0 Å². The second-order valence-corrected chi connectivity index (χ2v) is 8.22. The Morgan fingerprint density at radius 2 is 1.40 bits per heavy atom. The van der Waals surface area contributed by atoms with Gasteiger partial charge in [0, 0.05) is 0 Å². The lowest BCUT2D eigenvalue weighted by Crippen LogP contribution is -2.18. The Bertz CT molecular complexity index is 77.2. The SMILES string of the molecule is C[CH2][Al]([CH2]C)[CH2]C(C)(C)C. The van der Waals surface area contributed by atoms with E-state index < -0.39 is 0 Å². The summed E-state index contributed by atoms with van der Waals surface area (Å²) in [5, 5.41) is 4.47. The van der Waals surface area contributed by atoms with Gasteiger partial charge in [-0.2, -0.15) is 0 Å². The van der Waals surface area contributed by atoms with Gasteiger partial charge in [-0.3, -0.25) is 0 Å². The Balaban J connectivity index is 3.63. The van der Waals surface area contributed by atoms with Crippen molar-refractivity contribution >= 4 is 14.1 Å². The topological polar surface area (TPSA) is 0 Å². The predicted molar refractivity (Wildman–Crippen MR) is 51.0 cm³/mol. The van der Waals surface area contributed by atoms with E-state index in [4.69, 9.17) is 0 Å². The van der Waals surface area contributed by atoms with Gasteiger partial charge in [0.25, 0.3) is 14.1 Å².